The zero-order valence-corrected chi connectivity index (χ0v) is 15.5. The fraction of sp³-hybridized carbons (Fsp3) is 0.500. The van der Waals surface area contributed by atoms with E-state index in [2.05, 4.69) is 67.7 Å². The van der Waals surface area contributed by atoms with Crippen LogP contribution in [0.3, 0.4) is 0 Å². The predicted molar refractivity (Wildman–Crippen MR) is 107 cm³/mol. The van der Waals surface area contributed by atoms with Crippen LogP contribution in [0, 0.1) is 0 Å². The number of carbonyl (C=O) groups is 1. The second-order valence-corrected chi connectivity index (χ2v) is 5.89. The van der Waals surface area contributed by atoms with Gasteiger partial charge in [0, 0.05) is 0 Å². The number of allylic oxidation sites excluding steroid dienone is 10. The van der Waals surface area contributed by atoms with Crippen molar-refractivity contribution in [1.82, 2.24) is 0 Å². The van der Waals surface area contributed by atoms with Crippen molar-refractivity contribution < 1.29 is 15.0 Å². The van der Waals surface area contributed by atoms with Crippen LogP contribution in [0.4, 0.5) is 0 Å². The lowest BCUT2D eigenvalue weighted by Gasteiger charge is -2.05. The second kappa shape index (κ2) is 18.5. The summed E-state index contributed by atoms with van der Waals surface area (Å²) in [6.07, 6.45) is 27.9. The Morgan fingerprint density at radius 1 is 0.800 bits per heavy atom. The lowest BCUT2D eigenvalue weighted by Crippen LogP contribution is -2.12. The van der Waals surface area contributed by atoms with Crippen LogP contribution >= 0.6 is 0 Å². The molecule has 3 heteroatoms. The van der Waals surface area contributed by atoms with E-state index in [1.165, 1.54) is 0 Å². The van der Waals surface area contributed by atoms with Crippen molar-refractivity contribution in [3.05, 3.63) is 60.8 Å². The van der Waals surface area contributed by atoms with Crippen LogP contribution in [0.1, 0.15) is 64.7 Å². The number of aliphatic carboxylic acids is 1. The molecule has 25 heavy (non-hydrogen) atoms. The molecule has 0 saturated heterocycles. The van der Waals surface area contributed by atoms with E-state index >= 15 is 0 Å². The van der Waals surface area contributed by atoms with Crippen LogP contribution in [0.25, 0.3) is 0 Å². The fourth-order valence-electron chi connectivity index (χ4n) is 2.14. The Hall–Kier alpha value is -1.87. The van der Waals surface area contributed by atoms with Crippen LogP contribution in [0.15, 0.2) is 60.8 Å². The highest BCUT2D eigenvalue weighted by atomic mass is 16.4. The van der Waals surface area contributed by atoms with Gasteiger partial charge in [-0.25, -0.2) is 0 Å². The van der Waals surface area contributed by atoms with E-state index < -0.39 is 12.1 Å². The van der Waals surface area contributed by atoms with E-state index in [0.717, 1.165) is 44.9 Å². The quantitative estimate of drug-likeness (QED) is 0.293. The smallest absolute Gasteiger partial charge is 0.305 e. The zero-order chi connectivity index (χ0) is 18.6. The molecule has 1 unspecified atom stereocenters. The summed E-state index contributed by atoms with van der Waals surface area (Å²) in [5.41, 5.74) is 0. The van der Waals surface area contributed by atoms with E-state index in [-0.39, 0.29) is 6.42 Å². The molecule has 0 aliphatic carbocycles. The van der Waals surface area contributed by atoms with E-state index in [0.29, 0.717) is 6.42 Å². The monoisotopic (exact) mass is 346 g/mol. The van der Waals surface area contributed by atoms with Gasteiger partial charge in [0.25, 0.3) is 0 Å². The van der Waals surface area contributed by atoms with Gasteiger partial charge in [0.15, 0.2) is 0 Å². The Bertz CT molecular complexity index is 456. The first-order valence-electron chi connectivity index (χ1n) is 9.31. The Morgan fingerprint density at radius 2 is 1.24 bits per heavy atom. The van der Waals surface area contributed by atoms with Crippen LogP contribution in [0.2, 0.25) is 0 Å². The number of unbranched alkanes of at least 4 members (excludes halogenated alkanes) is 1. The summed E-state index contributed by atoms with van der Waals surface area (Å²) in [6.45, 7) is 2.14. The van der Waals surface area contributed by atoms with Crippen molar-refractivity contribution in [2.24, 2.45) is 0 Å². The van der Waals surface area contributed by atoms with E-state index in [1.54, 1.807) is 0 Å². The van der Waals surface area contributed by atoms with Gasteiger partial charge >= 0.3 is 5.97 Å². The molecule has 0 heterocycles. The molecule has 1 atom stereocenters. The number of hydrogen-bond acceptors (Lipinski definition) is 2. The third kappa shape index (κ3) is 20.1. The molecular formula is C22H34O3. The van der Waals surface area contributed by atoms with Crippen molar-refractivity contribution >= 4 is 5.97 Å². The minimum atomic E-state index is -0.942. The molecule has 0 amide bonds. The molecule has 0 aromatic carbocycles. The number of carboxylic acids is 1. The highest BCUT2D eigenvalue weighted by Gasteiger charge is 2.07. The topological polar surface area (TPSA) is 57.5 Å². The minimum absolute atomic E-state index is 0.161. The van der Waals surface area contributed by atoms with Gasteiger partial charge < -0.3 is 10.2 Å². The van der Waals surface area contributed by atoms with Crippen LogP contribution < -0.4 is 0 Å². The van der Waals surface area contributed by atoms with Gasteiger partial charge in [-0.05, 0) is 51.4 Å². The average Bonchev–Trinajstić information content (AvgIpc) is 2.57. The van der Waals surface area contributed by atoms with Crippen molar-refractivity contribution in [2.75, 3.05) is 0 Å². The SMILES string of the molecule is CC/C=C/C/C=C/C/C=C/C/C=C/C/C=C/CCCC(O)CC(=O)O. The van der Waals surface area contributed by atoms with Crippen LogP contribution in [-0.2, 0) is 4.79 Å². The Balaban J connectivity index is 3.51. The van der Waals surface area contributed by atoms with Gasteiger partial charge in [0.1, 0.15) is 0 Å². The first-order valence-corrected chi connectivity index (χ1v) is 9.31. The number of hydrogen-bond donors (Lipinski definition) is 2. The average molecular weight is 347 g/mol. The third-order valence-corrected chi connectivity index (χ3v) is 3.48. The Kier molecular flexibility index (Phi) is 17.1. The van der Waals surface area contributed by atoms with Gasteiger partial charge in [-0.1, -0.05) is 67.7 Å². The lowest BCUT2D eigenvalue weighted by atomic mass is 10.1. The fourth-order valence-corrected chi connectivity index (χ4v) is 2.14. The molecule has 0 rings (SSSR count). The number of rotatable bonds is 15. The van der Waals surface area contributed by atoms with Gasteiger partial charge in [0.05, 0.1) is 12.5 Å². The lowest BCUT2D eigenvalue weighted by molar-refractivity contribution is -0.139. The molecule has 0 fully saturated rings. The maximum Gasteiger partial charge on any atom is 0.305 e. The molecule has 0 saturated carbocycles. The molecule has 140 valence electrons. The Labute approximate surface area is 153 Å². The predicted octanol–water partition coefficient (Wildman–Crippen LogP) is 5.74. The maximum absolute atomic E-state index is 10.4. The molecule has 2 N–H and O–H groups in total. The molecule has 0 aliphatic rings. The summed E-state index contributed by atoms with van der Waals surface area (Å²) >= 11 is 0. The molecule has 0 aromatic rings. The third-order valence-electron chi connectivity index (χ3n) is 3.48. The molecule has 0 aliphatic heterocycles. The molecule has 0 aromatic heterocycles. The van der Waals surface area contributed by atoms with Crippen molar-refractivity contribution in [3.63, 3.8) is 0 Å². The molecule has 0 radical (unpaired) electrons. The van der Waals surface area contributed by atoms with E-state index in [9.17, 15) is 9.90 Å². The zero-order valence-electron chi connectivity index (χ0n) is 15.5. The summed E-state index contributed by atoms with van der Waals surface area (Å²) in [6, 6.07) is 0. The number of carboxylic acid groups (broad SMARTS) is 1. The molecule has 3 nitrogen and oxygen atoms in total. The molecule has 0 bridgehead atoms. The van der Waals surface area contributed by atoms with Crippen molar-refractivity contribution in [2.45, 2.75) is 70.8 Å². The van der Waals surface area contributed by atoms with Crippen molar-refractivity contribution in [3.8, 4) is 0 Å². The first-order chi connectivity index (χ1) is 12.2. The summed E-state index contributed by atoms with van der Waals surface area (Å²) in [7, 11) is 0. The van der Waals surface area contributed by atoms with Gasteiger partial charge in [-0.15, -0.1) is 0 Å². The van der Waals surface area contributed by atoms with E-state index in [1.807, 2.05) is 0 Å². The van der Waals surface area contributed by atoms with E-state index in [4.69, 9.17) is 5.11 Å². The summed E-state index contributed by atoms with van der Waals surface area (Å²) in [4.78, 5) is 10.4. The second-order valence-electron chi connectivity index (χ2n) is 5.89. The number of aliphatic hydroxyl groups excluding tert-OH is 1. The molecular weight excluding hydrogens is 312 g/mol. The highest BCUT2D eigenvalue weighted by Crippen LogP contribution is 2.05. The van der Waals surface area contributed by atoms with Gasteiger partial charge in [0.2, 0.25) is 0 Å². The number of aliphatic hydroxyl groups is 1. The summed E-state index contributed by atoms with van der Waals surface area (Å²) < 4.78 is 0. The standard InChI is InChI=1S/C22H34O3/c1-2-3-4-5-6-7-8-9-10-11-12-13-14-15-16-17-18-19-21(23)20-22(24)25/h3-4,6-7,9-10,12-13,15-16,21,23H,2,5,8,11,14,17-20H2,1H3,(H,24,25)/b4-3+,7-6+,10-9+,13-12+,16-15+. The molecule has 0 spiro atoms. The van der Waals surface area contributed by atoms with Crippen molar-refractivity contribution in [1.29, 1.82) is 0 Å². The maximum atomic E-state index is 10.4. The first kappa shape index (κ1) is 23.1. The van der Waals surface area contributed by atoms with Crippen LogP contribution in [0.5, 0.6) is 0 Å². The van der Waals surface area contributed by atoms with Crippen LogP contribution in [-0.4, -0.2) is 22.3 Å². The highest BCUT2D eigenvalue weighted by molar-refractivity contribution is 5.67. The van der Waals surface area contributed by atoms with Gasteiger partial charge in [-0.3, -0.25) is 4.79 Å². The Morgan fingerprint density at radius 3 is 1.68 bits per heavy atom. The summed E-state index contributed by atoms with van der Waals surface area (Å²) in [5, 5.41) is 18.0. The summed E-state index contributed by atoms with van der Waals surface area (Å²) in [5.74, 6) is -0.942. The van der Waals surface area contributed by atoms with Gasteiger partial charge in [-0.2, -0.15) is 0 Å². The minimum Gasteiger partial charge on any atom is -0.481 e. The largest absolute Gasteiger partial charge is 0.481 e. The normalized spacial score (nSPS) is 14.0.